The summed E-state index contributed by atoms with van der Waals surface area (Å²) in [7, 11) is 0. The molecule has 7 nitrogen and oxygen atoms in total. The van der Waals surface area contributed by atoms with E-state index in [4.69, 9.17) is 16.3 Å². The number of nitrogens with one attached hydrogen (secondary N) is 2. The van der Waals surface area contributed by atoms with Crippen LogP contribution in [0.4, 0.5) is 21.5 Å². The molecule has 0 saturated heterocycles. The number of carbonyl (C=O) groups is 1. The number of nitrogens with zero attached hydrogens (tertiary/aromatic N) is 1. The summed E-state index contributed by atoms with van der Waals surface area (Å²) >= 11 is 5.97. The maximum Gasteiger partial charge on any atom is 0.271 e. The Labute approximate surface area is 154 Å². The van der Waals surface area contributed by atoms with Gasteiger partial charge in [-0.25, -0.2) is 4.39 Å². The van der Waals surface area contributed by atoms with Crippen molar-refractivity contribution >= 4 is 34.6 Å². The van der Waals surface area contributed by atoms with Crippen molar-refractivity contribution in [2.75, 3.05) is 17.2 Å². The summed E-state index contributed by atoms with van der Waals surface area (Å²) in [5, 5.41) is 16.5. The van der Waals surface area contributed by atoms with Crippen LogP contribution in [0.25, 0.3) is 0 Å². The molecule has 0 heterocycles. The Morgan fingerprint density at radius 2 is 2.04 bits per heavy atom. The molecule has 1 amide bonds. The van der Waals surface area contributed by atoms with Gasteiger partial charge >= 0.3 is 0 Å². The van der Waals surface area contributed by atoms with E-state index >= 15 is 0 Å². The van der Waals surface area contributed by atoms with Crippen LogP contribution in [0, 0.1) is 15.9 Å². The minimum absolute atomic E-state index is 0.128. The van der Waals surface area contributed by atoms with E-state index in [0.717, 1.165) is 0 Å². The van der Waals surface area contributed by atoms with Gasteiger partial charge in [0.2, 0.25) is 5.91 Å². The Kier molecular flexibility index (Phi) is 6.35. The summed E-state index contributed by atoms with van der Waals surface area (Å²) in [6.07, 6.45) is 0. The Morgan fingerprint density at radius 1 is 1.31 bits per heavy atom. The van der Waals surface area contributed by atoms with E-state index in [1.165, 1.54) is 36.4 Å². The molecule has 1 unspecified atom stereocenters. The van der Waals surface area contributed by atoms with E-state index in [0.29, 0.717) is 12.3 Å². The second-order valence-corrected chi connectivity index (χ2v) is 5.76. The first-order valence-electron chi connectivity index (χ1n) is 7.75. The van der Waals surface area contributed by atoms with Crippen molar-refractivity contribution in [2.24, 2.45) is 0 Å². The number of ether oxygens (including phenoxy) is 1. The number of carbonyl (C=O) groups excluding carboxylic acids is 1. The fourth-order valence-corrected chi connectivity index (χ4v) is 2.32. The molecule has 0 bridgehead atoms. The van der Waals surface area contributed by atoms with E-state index in [-0.39, 0.29) is 22.1 Å². The third-order valence-corrected chi connectivity index (χ3v) is 3.76. The predicted octanol–water partition coefficient (Wildman–Crippen LogP) is 4.23. The molecule has 2 rings (SSSR count). The van der Waals surface area contributed by atoms with E-state index in [1.54, 1.807) is 13.8 Å². The third-order valence-electron chi connectivity index (χ3n) is 3.43. The molecule has 0 aliphatic carbocycles. The maximum absolute atomic E-state index is 13.3. The minimum Gasteiger partial charge on any atom is -0.492 e. The average molecular weight is 382 g/mol. The highest BCUT2D eigenvalue weighted by Crippen LogP contribution is 2.28. The summed E-state index contributed by atoms with van der Waals surface area (Å²) in [5.41, 5.74) is 0.382. The average Bonchev–Trinajstić information content (AvgIpc) is 2.59. The van der Waals surface area contributed by atoms with Crippen LogP contribution in [0.2, 0.25) is 5.02 Å². The minimum atomic E-state index is -0.741. The second-order valence-electron chi connectivity index (χ2n) is 5.35. The summed E-state index contributed by atoms with van der Waals surface area (Å²) < 4.78 is 18.7. The third kappa shape index (κ3) is 4.82. The van der Waals surface area contributed by atoms with Gasteiger partial charge in [0.15, 0.2) is 0 Å². The van der Waals surface area contributed by atoms with Gasteiger partial charge in [-0.1, -0.05) is 11.6 Å². The summed E-state index contributed by atoms with van der Waals surface area (Å²) in [6.45, 7) is 3.68. The lowest BCUT2D eigenvalue weighted by Crippen LogP contribution is -2.32. The topological polar surface area (TPSA) is 93.5 Å². The highest BCUT2D eigenvalue weighted by Gasteiger charge is 2.18. The second kappa shape index (κ2) is 8.48. The number of nitro groups is 1. The summed E-state index contributed by atoms with van der Waals surface area (Å²) in [5.74, 6) is -0.654. The monoisotopic (exact) mass is 381 g/mol. The molecule has 2 aromatic rings. The first kappa shape index (κ1) is 19.5. The first-order chi connectivity index (χ1) is 12.3. The van der Waals surface area contributed by atoms with E-state index in [1.807, 2.05) is 0 Å². The van der Waals surface area contributed by atoms with Gasteiger partial charge in [-0.2, -0.15) is 0 Å². The number of non-ortho nitro benzene ring substituents is 1. The molecule has 0 aromatic heterocycles. The molecule has 26 heavy (non-hydrogen) atoms. The zero-order chi connectivity index (χ0) is 19.3. The molecule has 0 aliphatic rings. The molecular formula is C17H17ClFN3O4. The lowest BCUT2D eigenvalue weighted by molar-refractivity contribution is -0.384. The smallest absolute Gasteiger partial charge is 0.271 e. The largest absolute Gasteiger partial charge is 0.492 e. The maximum atomic E-state index is 13.3. The van der Waals surface area contributed by atoms with Crippen molar-refractivity contribution in [3.8, 4) is 5.75 Å². The van der Waals surface area contributed by atoms with Crippen LogP contribution in [0.15, 0.2) is 36.4 Å². The number of amides is 1. The van der Waals surface area contributed by atoms with Crippen LogP contribution in [-0.4, -0.2) is 23.5 Å². The lowest BCUT2D eigenvalue weighted by Gasteiger charge is -2.18. The molecule has 0 fully saturated rings. The van der Waals surface area contributed by atoms with Gasteiger partial charge in [-0.15, -0.1) is 0 Å². The molecule has 2 N–H and O–H groups in total. The molecule has 0 spiro atoms. The molecule has 138 valence electrons. The Morgan fingerprint density at radius 3 is 2.69 bits per heavy atom. The summed E-state index contributed by atoms with van der Waals surface area (Å²) in [4.78, 5) is 22.6. The van der Waals surface area contributed by atoms with Gasteiger partial charge in [0.25, 0.3) is 5.69 Å². The molecule has 0 radical (unpaired) electrons. The van der Waals surface area contributed by atoms with Crippen LogP contribution in [0.5, 0.6) is 5.75 Å². The molecule has 9 heteroatoms. The normalized spacial score (nSPS) is 11.5. The molecule has 0 saturated carbocycles. The van der Waals surface area contributed by atoms with Gasteiger partial charge < -0.3 is 15.4 Å². The molecule has 1 atom stereocenters. The van der Waals surface area contributed by atoms with Gasteiger partial charge in [-0.05, 0) is 32.0 Å². The standard InChI is InChI=1S/C17H17ClFN3O4/c1-3-26-16-8-11(19)4-7-14(16)20-10(2)17(23)21-15-9-12(22(24)25)5-6-13(15)18/h4-10,20H,3H2,1-2H3,(H,21,23). The number of anilines is 2. The SMILES string of the molecule is CCOc1cc(F)ccc1NC(C)C(=O)Nc1cc([N+](=O)[O-])ccc1Cl. The van der Waals surface area contributed by atoms with Crippen LogP contribution < -0.4 is 15.4 Å². The van der Waals surface area contributed by atoms with Crippen molar-refractivity contribution < 1.29 is 18.8 Å². The van der Waals surface area contributed by atoms with Crippen LogP contribution in [0.1, 0.15) is 13.8 Å². The Balaban J connectivity index is 2.14. The number of benzene rings is 2. The van der Waals surface area contributed by atoms with Gasteiger partial charge in [0, 0.05) is 18.2 Å². The van der Waals surface area contributed by atoms with Crippen molar-refractivity contribution in [1.82, 2.24) is 0 Å². The zero-order valence-corrected chi connectivity index (χ0v) is 14.8. The number of rotatable bonds is 7. The molecular weight excluding hydrogens is 365 g/mol. The number of hydrogen-bond donors (Lipinski definition) is 2. The zero-order valence-electron chi connectivity index (χ0n) is 14.1. The predicted molar refractivity (Wildman–Crippen MR) is 97.4 cm³/mol. The van der Waals surface area contributed by atoms with Gasteiger partial charge in [-0.3, -0.25) is 14.9 Å². The number of nitro benzene ring substituents is 1. The van der Waals surface area contributed by atoms with Gasteiger partial charge in [0.1, 0.15) is 17.6 Å². The van der Waals surface area contributed by atoms with E-state index in [2.05, 4.69) is 10.6 Å². The lowest BCUT2D eigenvalue weighted by atomic mass is 10.2. The van der Waals surface area contributed by atoms with Crippen molar-refractivity contribution in [1.29, 1.82) is 0 Å². The van der Waals surface area contributed by atoms with Crippen molar-refractivity contribution in [3.63, 3.8) is 0 Å². The van der Waals surface area contributed by atoms with Crippen LogP contribution in [0.3, 0.4) is 0 Å². The number of halogens is 2. The van der Waals surface area contributed by atoms with E-state index < -0.39 is 22.7 Å². The highest BCUT2D eigenvalue weighted by atomic mass is 35.5. The Bertz CT molecular complexity index is 832. The quantitative estimate of drug-likeness (QED) is 0.553. The van der Waals surface area contributed by atoms with Crippen molar-refractivity contribution in [2.45, 2.75) is 19.9 Å². The number of hydrogen-bond acceptors (Lipinski definition) is 5. The molecule has 0 aliphatic heterocycles. The van der Waals surface area contributed by atoms with Gasteiger partial charge in [0.05, 0.1) is 27.9 Å². The van der Waals surface area contributed by atoms with Crippen molar-refractivity contribution in [3.05, 3.63) is 57.4 Å². The van der Waals surface area contributed by atoms with Crippen LogP contribution in [-0.2, 0) is 4.79 Å². The molecule has 2 aromatic carbocycles. The van der Waals surface area contributed by atoms with Crippen LogP contribution >= 0.6 is 11.6 Å². The first-order valence-corrected chi connectivity index (χ1v) is 8.13. The fourth-order valence-electron chi connectivity index (χ4n) is 2.15. The Hall–Kier alpha value is -2.87. The highest BCUT2D eigenvalue weighted by molar-refractivity contribution is 6.33. The van der Waals surface area contributed by atoms with E-state index in [9.17, 15) is 19.3 Å². The fraction of sp³-hybridized carbons (Fsp3) is 0.235. The summed E-state index contributed by atoms with van der Waals surface area (Å²) in [6, 6.07) is 6.93.